The molecule has 0 saturated heterocycles. The third-order valence-corrected chi connectivity index (χ3v) is 4.77. The molecule has 2 heterocycles. The third-order valence-electron chi connectivity index (χ3n) is 3.59. The summed E-state index contributed by atoms with van der Waals surface area (Å²) in [5.41, 5.74) is 0.150. The number of carbonyl (C=O) groups excluding carboxylic acids is 2. The van der Waals surface area contributed by atoms with Crippen molar-refractivity contribution < 1.29 is 19.1 Å². The van der Waals surface area contributed by atoms with Crippen LogP contribution in [0.1, 0.15) is 48.5 Å². The van der Waals surface area contributed by atoms with Crippen LogP contribution in [0.5, 0.6) is 0 Å². The van der Waals surface area contributed by atoms with E-state index >= 15 is 0 Å². The highest BCUT2D eigenvalue weighted by Crippen LogP contribution is 2.28. The van der Waals surface area contributed by atoms with Crippen molar-refractivity contribution in [2.45, 2.75) is 46.3 Å². The van der Waals surface area contributed by atoms with Crippen molar-refractivity contribution in [1.82, 2.24) is 9.55 Å². The highest BCUT2D eigenvalue weighted by molar-refractivity contribution is 7.20. The van der Waals surface area contributed by atoms with E-state index in [2.05, 4.69) is 4.98 Å². The van der Waals surface area contributed by atoms with Crippen LogP contribution in [0.15, 0.2) is 11.1 Å². The molecule has 7 nitrogen and oxygen atoms in total. The SMILES string of the molecule is CCC(C(=O)OC(C)C)n1cnc2sc(C(=O)OC)c(C)c2c1=O. The summed E-state index contributed by atoms with van der Waals surface area (Å²) in [6.45, 7) is 6.97. The minimum absolute atomic E-state index is 0.271. The van der Waals surface area contributed by atoms with Gasteiger partial charge in [0.05, 0.1) is 24.9 Å². The summed E-state index contributed by atoms with van der Waals surface area (Å²) in [5.74, 6) is -0.982. The van der Waals surface area contributed by atoms with Crippen LogP contribution in [0.25, 0.3) is 10.2 Å². The van der Waals surface area contributed by atoms with Crippen molar-refractivity contribution in [1.29, 1.82) is 0 Å². The number of esters is 2. The van der Waals surface area contributed by atoms with E-state index in [-0.39, 0.29) is 11.7 Å². The molecule has 0 bridgehead atoms. The van der Waals surface area contributed by atoms with Gasteiger partial charge in [0, 0.05) is 0 Å². The van der Waals surface area contributed by atoms with Crippen LogP contribution in [0.4, 0.5) is 0 Å². The maximum Gasteiger partial charge on any atom is 0.348 e. The molecule has 0 aliphatic carbocycles. The Morgan fingerprint density at radius 2 is 2.04 bits per heavy atom. The lowest BCUT2D eigenvalue weighted by Crippen LogP contribution is -2.32. The molecule has 0 spiro atoms. The Labute approximate surface area is 143 Å². The number of aromatic nitrogens is 2. The first-order chi connectivity index (χ1) is 11.3. The molecule has 0 fully saturated rings. The number of hydrogen-bond acceptors (Lipinski definition) is 7. The van der Waals surface area contributed by atoms with Crippen molar-refractivity contribution in [2.24, 2.45) is 0 Å². The van der Waals surface area contributed by atoms with Crippen molar-refractivity contribution >= 4 is 33.5 Å². The van der Waals surface area contributed by atoms with Gasteiger partial charge in [-0.25, -0.2) is 14.6 Å². The minimum Gasteiger partial charge on any atom is -0.465 e. The first-order valence-electron chi connectivity index (χ1n) is 7.60. The summed E-state index contributed by atoms with van der Waals surface area (Å²) in [4.78, 5) is 41.9. The Morgan fingerprint density at radius 1 is 1.38 bits per heavy atom. The summed E-state index contributed by atoms with van der Waals surface area (Å²) in [6.07, 6.45) is 1.45. The molecule has 0 saturated carbocycles. The number of fused-ring (bicyclic) bond motifs is 1. The van der Waals surface area contributed by atoms with E-state index in [0.29, 0.717) is 27.1 Å². The van der Waals surface area contributed by atoms with Crippen LogP contribution in [0, 0.1) is 6.92 Å². The second-order valence-electron chi connectivity index (χ2n) is 5.59. The Balaban J connectivity index is 2.59. The minimum atomic E-state index is -0.752. The molecule has 24 heavy (non-hydrogen) atoms. The topological polar surface area (TPSA) is 87.5 Å². The average Bonchev–Trinajstić information content (AvgIpc) is 2.86. The fourth-order valence-electron chi connectivity index (χ4n) is 2.43. The smallest absolute Gasteiger partial charge is 0.348 e. The zero-order valence-corrected chi connectivity index (χ0v) is 15.1. The van der Waals surface area contributed by atoms with Crippen LogP contribution in [-0.2, 0) is 14.3 Å². The molecule has 2 rings (SSSR count). The van der Waals surface area contributed by atoms with E-state index < -0.39 is 18.0 Å². The van der Waals surface area contributed by atoms with Gasteiger partial charge in [-0.2, -0.15) is 0 Å². The summed E-state index contributed by atoms with van der Waals surface area (Å²) >= 11 is 1.10. The first-order valence-corrected chi connectivity index (χ1v) is 8.42. The van der Waals surface area contributed by atoms with Gasteiger partial charge in [0.15, 0.2) is 0 Å². The van der Waals surface area contributed by atoms with E-state index in [1.807, 2.05) is 0 Å². The van der Waals surface area contributed by atoms with Gasteiger partial charge < -0.3 is 9.47 Å². The second-order valence-corrected chi connectivity index (χ2v) is 6.59. The Kier molecular flexibility index (Phi) is 5.38. The maximum atomic E-state index is 12.8. The molecule has 2 aromatic rings. The zero-order valence-electron chi connectivity index (χ0n) is 14.3. The summed E-state index contributed by atoms with van der Waals surface area (Å²) < 4.78 is 11.2. The molecule has 2 aromatic heterocycles. The second kappa shape index (κ2) is 7.12. The predicted octanol–water partition coefficient (Wildman–Crippen LogP) is 2.46. The van der Waals surface area contributed by atoms with Gasteiger partial charge in [0.25, 0.3) is 5.56 Å². The normalized spacial score (nSPS) is 12.4. The Hall–Kier alpha value is -2.22. The lowest BCUT2D eigenvalue weighted by molar-refractivity contribution is -0.151. The average molecular weight is 352 g/mol. The molecule has 8 heteroatoms. The molecule has 130 valence electrons. The number of carbonyl (C=O) groups is 2. The Bertz CT molecular complexity index is 837. The molecule has 1 atom stereocenters. The third kappa shape index (κ3) is 3.19. The van der Waals surface area contributed by atoms with Gasteiger partial charge in [0.1, 0.15) is 15.7 Å². The molecule has 0 amide bonds. The number of aryl methyl sites for hydroxylation is 1. The fraction of sp³-hybridized carbons (Fsp3) is 0.500. The standard InChI is InChI=1S/C16H20N2O5S/c1-6-10(15(20)23-8(2)3)18-7-17-13-11(14(18)19)9(4)12(24-13)16(21)22-5/h7-8,10H,6H2,1-5H3. The van der Waals surface area contributed by atoms with Crippen molar-refractivity contribution in [3.63, 3.8) is 0 Å². The highest BCUT2D eigenvalue weighted by atomic mass is 32.1. The summed E-state index contributed by atoms with van der Waals surface area (Å²) in [7, 11) is 1.28. The molecule has 1 unspecified atom stereocenters. The Morgan fingerprint density at radius 3 is 2.58 bits per heavy atom. The van der Waals surface area contributed by atoms with Crippen LogP contribution < -0.4 is 5.56 Å². The van der Waals surface area contributed by atoms with E-state index in [4.69, 9.17) is 9.47 Å². The van der Waals surface area contributed by atoms with Gasteiger partial charge in [-0.1, -0.05) is 6.92 Å². The van der Waals surface area contributed by atoms with Gasteiger partial charge in [-0.15, -0.1) is 11.3 Å². The molecule has 0 aromatic carbocycles. The summed E-state index contributed by atoms with van der Waals surface area (Å²) in [6, 6.07) is -0.752. The molecule has 0 aliphatic rings. The zero-order chi connectivity index (χ0) is 18.0. The number of hydrogen-bond donors (Lipinski definition) is 0. The number of nitrogens with zero attached hydrogens (tertiary/aromatic N) is 2. The monoisotopic (exact) mass is 352 g/mol. The lowest BCUT2D eigenvalue weighted by Gasteiger charge is -2.18. The van der Waals surface area contributed by atoms with Gasteiger partial charge in [-0.05, 0) is 32.8 Å². The molecule has 0 radical (unpaired) electrons. The summed E-state index contributed by atoms with van der Waals surface area (Å²) in [5, 5.41) is 0.332. The van der Waals surface area contributed by atoms with Crippen molar-refractivity contribution in [3.8, 4) is 0 Å². The number of rotatable bonds is 5. The quantitative estimate of drug-likeness (QED) is 0.768. The number of ether oxygens (including phenoxy) is 2. The molecular weight excluding hydrogens is 332 g/mol. The number of thiophene rings is 1. The van der Waals surface area contributed by atoms with Gasteiger partial charge in [-0.3, -0.25) is 9.36 Å². The largest absolute Gasteiger partial charge is 0.465 e. The molecule has 0 aliphatic heterocycles. The predicted molar refractivity (Wildman–Crippen MR) is 90.5 cm³/mol. The highest BCUT2D eigenvalue weighted by Gasteiger charge is 2.26. The van der Waals surface area contributed by atoms with Crippen molar-refractivity contribution in [3.05, 3.63) is 27.1 Å². The van der Waals surface area contributed by atoms with Crippen molar-refractivity contribution in [2.75, 3.05) is 7.11 Å². The van der Waals surface area contributed by atoms with E-state index in [9.17, 15) is 14.4 Å². The lowest BCUT2D eigenvalue weighted by atomic mass is 10.2. The number of methoxy groups -OCH3 is 1. The van der Waals surface area contributed by atoms with Crippen LogP contribution in [-0.4, -0.2) is 34.7 Å². The van der Waals surface area contributed by atoms with Crippen LogP contribution >= 0.6 is 11.3 Å². The first kappa shape index (κ1) is 18.1. The van der Waals surface area contributed by atoms with E-state index in [1.165, 1.54) is 18.0 Å². The fourth-order valence-corrected chi connectivity index (χ4v) is 3.49. The van der Waals surface area contributed by atoms with Crippen LogP contribution in [0.2, 0.25) is 0 Å². The van der Waals surface area contributed by atoms with E-state index in [1.54, 1.807) is 27.7 Å². The van der Waals surface area contributed by atoms with Gasteiger partial charge >= 0.3 is 11.9 Å². The van der Waals surface area contributed by atoms with Gasteiger partial charge in [0.2, 0.25) is 0 Å². The molecule has 0 N–H and O–H groups in total. The van der Waals surface area contributed by atoms with Crippen LogP contribution in [0.3, 0.4) is 0 Å². The molecular formula is C16H20N2O5S. The maximum absolute atomic E-state index is 12.8. The van der Waals surface area contributed by atoms with E-state index in [0.717, 1.165) is 11.3 Å².